The Hall–Kier alpha value is -3.73. The van der Waals surface area contributed by atoms with Crippen LogP contribution in [0.25, 0.3) is 0 Å². The van der Waals surface area contributed by atoms with E-state index in [0.29, 0.717) is 12.1 Å². The average molecular weight is 401 g/mol. The van der Waals surface area contributed by atoms with E-state index in [9.17, 15) is 14.4 Å². The van der Waals surface area contributed by atoms with Crippen LogP contribution in [0.15, 0.2) is 84.9 Å². The number of benzene rings is 3. The molecule has 0 spiro atoms. The van der Waals surface area contributed by atoms with E-state index in [4.69, 9.17) is 4.74 Å². The third kappa shape index (κ3) is 5.41. The van der Waals surface area contributed by atoms with Crippen molar-refractivity contribution in [1.82, 2.24) is 5.32 Å². The molecule has 0 aromatic heterocycles. The predicted molar refractivity (Wildman–Crippen MR) is 114 cm³/mol. The minimum Gasteiger partial charge on any atom is -0.452 e. The molecule has 3 aromatic rings. The van der Waals surface area contributed by atoms with E-state index in [1.165, 1.54) is 6.07 Å². The highest BCUT2D eigenvalue weighted by Gasteiger charge is 2.19. The Balaban J connectivity index is 1.57. The van der Waals surface area contributed by atoms with E-state index in [1.807, 2.05) is 43.3 Å². The molecule has 1 atom stereocenters. The third-order valence-corrected chi connectivity index (χ3v) is 4.74. The Morgan fingerprint density at radius 1 is 0.800 bits per heavy atom. The molecule has 30 heavy (non-hydrogen) atoms. The number of nitrogens with one attached hydrogen (secondary N) is 1. The Kier molecular flexibility index (Phi) is 7.11. The number of esters is 1. The lowest BCUT2D eigenvalue weighted by atomic mass is 9.98. The second-order valence-corrected chi connectivity index (χ2v) is 6.93. The van der Waals surface area contributed by atoms with Crippen molar-refractivity contribution in [3.63, 3.8) is 0 Å². The van der Waals surface area contributed by atoms with Gasteiger partial charge in [-0.15, -0.1) is 0 Å². The summed E-state index contributed by atoms with van der Waals surface area (Å²) in [6.07, 6.45) is 0. The van der Waals surface area contributed by atoms with Gasteiger partial charge in [-0.2, -0.15) is 0 Å². The minimum absolute atomic E-state index is 0.134. The van der Waals surface area contributed by atoms with Crippen LogP contribution in [0.2, 0.25) is 0 Å². The van der Waals surface area contributed by atoms with Crippen LogP contribution in [0.3, 0.4) is 0 Å². The highest BCUT2D eigenvalue weighted by atomic mass is 16.5. The van der Waals surface area contributed by atoms with Crippen molar-refractivity contribution >= 4 is 17.7 Å². The van der Waals surface area contributed by atoms with Gasteiger partial charge in [0.1, 0.15) is 0 Å². The standard InChI is InChI=1S/C25H23NO4/c1-18(19-10-4-2-5-11-19)16-26-23(27)17-30-25(29)22-15-9-8-14-21(22)24(28)20-12-6-3-7-13-20/h2-15,18H,16-17H2,1H3,(H,26,27)/t18-/m1/s1. The number of hydrogen-bond donors (Lipinski definition) is 1. The van der Waals surface area contributed by atoms with Crippen molar-refractivity contribution in [3.05, 3.63) is 107 Å². The summed E-state index contributed by atoms with van der Waals surface area (Å²) in [6, 6.07) is 25.0. The molecule has 5 nitrogen and oxygen atoms in total. The number of ketones is 1. The SMILES string of the molecule is C[C@H](CNC(=O)COC(=O)c1ccccc1C(=O)c1ccccc1)c1ccccc1. The summed E-state index contributed by atoms with van der Waals surface area (Å²) >= 11 is 0. The van der Waals surface area contributed by atoms with Gasteiger partial charge < -0.3 is 10.1 Å². The maximum Gasteiger partial charge on any atom is 0.339 e. The van der Waals surface area contributed by atoms with Gasteiger partial charge in [0.2, 0.25) is 0 Å². The number of carbonyl (C=O) groups excluding carboxylic acids is 3. The second-order valence-electron chi connectivity index (χ2n) is 6.93. The van der Waals surface area contributed by atoms with Crippen LogP contribution < -0.4 is 5.32 Å². The maximum absolute atomic E-state index is 12.7. The van der Waals surface area contributed by atoms with Crippen LogP contribution >= 0.6 is 0 Å². The highest BCUT2D eigenvalue weighted by Crippen LogP contribution is 2.16. The van der Waals surface area contributed by atoms with Gasteiger partial charge in [-0.3, -0.25) is 9.59 Å². The monoisotopic (exact) mass is 401 g/mol. The van der Waals surface area contributed by atoms with Crippen molar-refractivity contribution in [3.8, 4) is 0 Å². The van der Waals surface area contributed by atoms with Gasteiger partial charge >= 0.3 is 5.97 Å². The Bertz CT molecular complexity index is 1020. The number of hydrogen-bond acceptors (Lipinski definition) is 4. The molecular weight excluding hydrogens is 378 g/mol. The smallest absolute Gasteiger partial charge is 0.339 e. The molecule has 0 fully saturated rings. The minimum atomic E-state index is -0.707. The van der Waals surface area contributed by atoms with Crippen LogP contribution in [0.1, 0.15) is 44.7 Å². The lowest BCUT2D eigenvalue weighted by Gasteiger charge is -2.13. The van der Waals surface area contributed by atoms with Crippen molar-refractivity contribution < 1.29 is 19.1 Å². The molecule has 1 N–H and O–H groups in total. The molecule has 0 aliphatic rings. The van der Waals surface area contributed by atoms with Gasteiger partial charge in [-0.25, -0.2) is 4.79 Å². The normalized spacial score (nSPS) is 11.4. The fourth-order valence-electron chi connectivity index (χ4n) is 3.03. The van der Waals surface area contributed by atoms with Gasteiger partial charge in [-0.05, 0) is 17.5 Å². The molecule has 3 rings (SSSR count). The second kappa shape index (κ2) is 10.2. The molecule has 0 unspecified atom stereocenters. The van der Waals surface area contributed by atoms with E-state index < -0.39 is 18.5 Å². The van der Waals surface area contributed by atoms with Gasteiger partial charge in [0.15, 0.2) is 12.4 Å². The zero-order valence-electron chi connectivity index (χ0n) is 16.7. The Labute approximate surface area is 175 Å². The molecule has 3 aromatic carbocycles. The first-order valence-electron chi connectivity index (χ1n) is 9.74. The van der Waals surface area contributed by atoms with E-state index >= 15 is 0 Å². The molecule has 0 saturated carbocycles. The molecule has 0 aliphatic carbocycles. The summed E-state index contributed by atoms with van der Waals surface area (Å²) in [6.45, 7) is 2.03. The molecule has 0 heterocycles. The molecule has 1 amide bonds. The van der Waals surface area contributed by atoms with Crippen LogP contribution in [-0.2, 0) is 9.53 Å². The predicted octanol–water partition coefficient (Wildman–Crippen LogP) is 3.99. The summed E-state index contributed by atoms with van der Waals surface area (Å²) in [5, 5.41) is 2.77. The zero-order valence-corrected chi connectivity index (χ0v) is 16.7. The number of rotatable bonds is 8. The van der Waals surface area contributed by atoms with Crippen molar-refractivity contribution in [2.75, 3.05) is 13.2 Å². The Morgan fingerprint density at radius 2 is 1.37 bits per heavy atom. The quantitative estimate of drug-likeness (QED) is 0.458. The first-order chi connectivity index (χ1) is 14.6. The lowest BCUT2D eigenvalue weighted by molar-refractivity contribution is -0.124. The van der Waals surface area contributed by atoms with E-state index in [0.717, 1.165) is 5.56 Å². The molecular formula is C25H23NO4. The fraction of sp³-hybridized carbons (Fsp3) is 0.160. The summed E-state index contributed by atoms with van der Waals surface area (Å²) in [4.78, 5) is 37.3. The number of amides is 1. The van der Waals surface area contributed by atoms with E-state index in [-0.39, 0.29) is 22.8 Å². The van der Waals surface area contributed by atoms with Gasteiger partial charge in [0, 0.05) is 17.7 Å². The Morgan fingerprint density at radius 3 is 2.03 bits per heavy atom. The first-order valence-corrected chi connectivity index (χ1v) is 9.74. The van der Waals surface area contributed by atoms with Gasteiger partial charge in [-0.1, -0.05) is 85.8 Å². The fourth-order valence-corrected chi connectivity index (χ4v) is 3.03. The molecule has 0 radical (unpaired) electrons. The van der Waals surface area contributed by atoms with Crippen molar-refractivity contribution in [2.24, 2.45) is 0 Å². The largest absolute Gasteiger partial charge is 0.452 e. The summed E-state index contributed by atoms with van der Waals surface area (Å²) in [5.41, 5.74) is 1.97. The third-order valence-electron chi connectivity index (χ3n) is 4.74. The van der Waals surface area contributed by atoms with E-state index in [1.54, 1.807) is 42.5 Å². The summed E-state index contributed by atoms with van der Waals surface area (Å²) < 4.78 is 5.15. The van der Waals surface area contributed by atoms with Crippen LogP contribution in [0.4, 0.5) is 0 Å². The first kappa shape index (κ1) is 21.0. The average Bonchev–Trinajstić information content (AvgIpc) is 2.81. The highest BCUT2D eigenvalue weighted by molar-refractivity contribution is 6.14. The molecule has 152 valence electrons. The molecule has 0 aliphatic heterocycles. The number of ether oxygens (including phenoxy) is 1. The van der Waals surface area contributed by atoms with Crippen LogP contribution in [-0.4, -0.2) is 30.8 Å². The zero-order chi connectivity index (χ0) is 21.3. The van der Waals surface area contributed by atoms with Crippen molar-refractivity contribution in [1.29, 1.82) is 0 Å². The molecule has 0 bridgehead atoms. The van der Waals surface area contributed by atoms with Gasteiger partial charge in [0.25, 0.3) is 5.91 Å². The molecule has 0 saturated heterocycles. The molecule has 5 heteroatoms. The van der Waals surface area contributed by atoms with Crippen LogP contribution in [0, 0.1) is 0 Å². The topological polar surface area (TPSA) is 72.5 Å². The van der Waals surface area contributed by atoms with Gasteiger partial charge in [0.05, 0.1) is 5.56 Å². The van der Waals surface area contributed by atoms with Crippen molar-refractivity contribution in [2.45, 2.75) is 12.8 Å². The maximum atomic E-state index is 12.7. The lowest BCUT2D eigenvalue weighted by Crippen LogP contribution is -2.31. The van der Waals surface area contributed by atoms with E-state index in [2.05, 4.69) is 5.32 Å². The number of carbonyl (C=O) groups is 3. The summed E-state index contributed by atoms with van der Waals surface area (Å²) in [7, 11) is 0. The van der Waals surface area contributed by atoms with Crippen LogP contribution in [0.5, 0.6) is 0 Å². The summed E-state index contributed by atoms with van der Waals surface area (Å²) in [5.74, 6) is -1.24.